The molecule has 0 amide bonds. The molecule has 0 bridgehead atoms. The Morgan fingerprint density at radius 1 is 0.850 bits per heavy atom. The zero-order valence-corrected chi connectivity index (χ0v) is 42.3. The number of carbonyl (C=O) groups excluding carboxylic acids is 1. The van der Waals surface area contributed by atoms with Gasteiger partial charge in [0.2, 0.25) is 0 Å². The molecule has 3 aliphatic heterocycles. The Morgan fingerprint density at radius 3 is 1.93 bits per heavy atom. The summed E-state index contributed by atoms with van der Waals surface area (Å²) in [5, 5.41) is 50.5. The van der Waals surface area contributed by atoms with E-state index in [0.717, 1.165) is 0 Å². The molecule has 17 heteroatoms. The number of carbonyl (C=O) groups is 1. The van der Waals surface area contributed by atoms with E-state index in [0.29, 0.717) is 6.42 Å². The first kappa shape index (κ1) is 53.3. The molecule has 352 valence electrons. The quantitative estimate of drug-likeness (QED) is 0.0848. The van der Waals surface area contributed by atoms with E-state index in [9.17, 15) is 25.3 Å². The van der Waals surface area contributed by atoms with Crippen LogP contribution in [-0.4, -0.2) is 159 Å². The molecule has 3 rings (SSSR count). The van der Waals surface area contributed by atoms with Gasteiger partial charge in [0.15, 0.2) is 29.2 Å². The Labute approximate surface area is 363 Å². The number of aliphatic hydroxyl groups is 3. The summed E-state index contributed by atoms with van der Waals surface area (Å²) in [5.41, 5.74) is -4.32. The average molecular weight is 893 g/mol. The Kier molecular flexibility index (Phi) is 18.1. The minimum Gasteiger partial charge on any atom is -0.459 e. The molecule has 0 aromatic rings. The molecule has 60 heavy (non-hydrogen) atoms. The predicted octanol–water partition coefficient (Wildman–Crippen LogP) is 5.77. The molecule has 0 unspecified atom stereocenters. The molecule has 3 heterocycles. The third kappa shape index (κ3) is 12.8. The lowest BCUT2D eigenvalue weighted by molar-refractivity contribution is -0.315. The topological polar surface area (TPSA) is 187 Å². The van der Waals surface area contributed by atoms with Crippen molar-refractivity contribution in [3.63, 3.8) is 0 Å². The smallest absolute Gasteiger partial charge is 0.311 e. The van der Waals surface area contributed by atoms with Crippen LogP contribution in [0, 0.1) is 23.7 Å². The second-order valence-corrected chi connectivity index (χ2v) is 29.9. The van der Waals surface area contributed by atoms with Gasteiger partial charge in [-0.15, -0.1) is 0 Å². The van der Waals surface area contributed by atoms with E-state index >= 15 is 0 Å². The third-order valence-corrected chi connectivity index (χ3v) is 14.8. The molecule has 0 saturated carbocycles. The number of hydrogen-bond donors (Lipinski definition) is 4. The van der Waals surface area contributed by atoms with Crippen molar-refractivity contribution >= 4 is 28.3 Å². The normalized spacial score (nSPS) is 45.4. The number of cyclic esters (lactones) is 1. The van der Waals surface area contributed by atoms with E-state index in [-0.39, 0.29) is 37.1 Å². The number of nitrogens with zero attached hydrogens (tertiary/aromatic N) is 2. The van der Waals surface area contributed by atoms with Gasteiger partial charge >= 0.3 is 5.97 Å². The largest absolute Gasteiger partial charge is 0.459 e. The van der Waals surface area contributed by atoms with E-state index in [1.165, 1.54) is 6.92 Å². The van der Waals surface area contributed by atoms with Gasteiger partial charge in [0, 0.05) is 37.3 Å². The molecule has 18 atom stereocenters. The van der Waals surface area contributed by atoms with E-state index in [2.05, 4.69) is 49.3 Å². The zero-order chi connectivity index (χ0) is 46.1. The lowest BCUT2D eigenvalue weighted by Crippen LogP contribution is -2.62. The molecule has 4 N–H and O–H groups in total. The predicted molar refractivity (Wildman–Crippen MR) is 235 cm³/mol. The molecule has 3 saturated heterocycles. The summed E-state index contributed by atoms with van der Waals surface area (Å²) >= 11 is 0. The number of aliphatic hydroxyl groups excluding tert-OH is 1. The van der Waals surface area contributed by atoms with Gasteiger partial charge in [-0.3, -0.25) is 4.79 Å². The highest BCUT2D eigenvalue weighted by Crippen LogP contribution is 2.42. The van der Waals surface area contributed by atoms with E-state index < -0.39 is 118 Å². The first-order valence-corrected chi connectivity index (χ1v) is 28.9. The van der Waals surface area contributed by atoms with Crippen LogP contribution in [0.25, 0.3) is 0 Å². The van der Waals surface area contributed by atoms with Crippen LogP contribution in [0.2, 0.25) is 39.3 Å². The third-order valence-electron chi connectivity index (χ3n) is 12.9. The van der Waals surface area contributed by atoms with Crippen molar-refractivity contribution in [2.24, 2.45) is 28.8 Å². The van der Waals surface area contributed by atoms with Gasteiger partial charge in [0.25, 0.3) is 0 Å². The van der Waals surface area contributed by atoms with Crippen molar-refractivity contribution in [2.75, 3.05) is 21.2 Å². The van der Waals surface area contributed by atoms with Gasteiger partial charge in [0.05, 0.1) is 59.5 Å². The maximum absolute atomic E-state index is 14.5. The van der Waals surface area contributed by atoms with Crippen LogP contribution in [-0.2, 0) is 42.1 Å². The molecule has 0 radical (unpaired) electrons. The second-order valence-electron chi connectivity index (χ2n) is 21.0. The van der Waals surface area contributed by atoms with Gasteiger partial charge in [-0.1, -0.05) is 32.9 Å². The van der Waals surface area contributed by atoms with Crippen LogP contribution in [0.15, 0.2) is 5.16 Å². The summed E-state index contributed by atoms with van der Waals surface area (Å²) in [6.07, 6.45) is -7.03. The second kappa shape index (κ2) is 20.4. The van der Waals surface area contributed by atoms with Crippen molar-refractivity contribution < 1.29 is 62.6 Å². The number of esters is 1. The zero-order valence-electron chi connectivity index (χ0n) is 40.3. The van der Waals surface area contributed by atoms with Crippen molar-refractivity contribution in [3.05, 3.63) is 0 Å². The van der Waals surface area contributed by atoms with Crippen molar-refractivity contribution in [3.8, 4) is 0 Å². The van der Waals surface area contributed by atoms with Gasteiger partial charge in [-0.2, -0.15) is 0 Å². The first-order valence-electron chi connectivity index (χ1n) is 22.1. The Hall–Kier alpha value is -1.07. The van der Waals surface area contributed by atoms with Crippen molar-refractivity contribution in [2.45, 2.75) is 218 Å². The highest BCUT2D eigenvalue weighted by atomic mass is 28.4. The number of rotatable bonds is 11. The molecule has 3 fully saturated rings. The maximum atomic E-state index is 14.5. The molecule has 0 aliphatic carbocycles. The maximum Gasteiger partial charge on any atom is 0.311 e. The average Bonchev–Trinajstić information content (AvgIpc) is 3.11. The number of hydrogen-bond acceptors (Lipinski definition) is 15. The van der Waals surface area contributed by atoms with Crippen molar-refractivity contribution in [1.29, 1.82) is 0 Å². The summed E-state index contributed by atoms with van der Waals surface area (Å²) in [5.74, 6) is -3.98. The van der Waals surface area contributed by atoms with E-state index in [1.54, 1.807) is 41.7 Å². The molecular formula is C43H84N2O13Si2. The van der Waals surface area contributed by atoms with Crippen LogP contribution < -0.4 is 0 Å². The summed E-state index contributed by atoms with van der Waals surface area (Å²) in [7, 11) is 1.40. The number of likely N-dealkylation sites (N-methyl/N-ethyl adjacent to an activating group) is 1. The lowest BCUT2D eigenvalue weighted by Gasteiger charge is -2.51. The van der Waals surface area contributed by atoms with Crippen LogP contribution in [0.5, 0.6) is 0 Å². The number of oxime groups is 1. The summed E-state index contributed by atoms with van der Waals surface area (Å²) < 4.78 is 53.0. The standard InChI is InChI=1S/C43H84N2O13Si2/c1-20-31-43(10,49)36(46)26(4)33(44-50)24(2)22-41(8,48)37(56-40-35(57-59(14,15)16)30(45(11)12)21-25(3)52-40)27(5)34(28(6)39(47)54-31)55-32-23-42(9,51-13)38(29(7)53-32)58-60(17,18)19/h24-32,34-38,40,46,48-50H,20-23H2,1-19H3/b44-33+/t24-,25-,26+,27+,28-,29+,30+,31-,32+,34+,35-,36-,37-,38+,40+,41-,42-,43-/m1/s1. The van der Waals surface area contributed by atoms with Gasteiger partial charge < -0.3 is 62.7 Å². The summed E-state index contributed by atoms with van der Waals surface area (Å²) in [4.78, 5) is 16.6. The minimum atomic E-state index is -2.20. The SMILES string of the molecule is CC[C@H]1OC(=O)[C@H](C)[C@@H](O[C@H]2C[C@@](C)(OC)[C@@H](O[Si](C)(C)C)[C@H](C)O2)[C@H](C)[C@@H](O[C@@H]2O[C@H](C)C[C@H](N(C)C)[C@H]2O[Si](C)(C)C)[C@](C)(O)C[C@@H](C)/C(=N\O)[C@H](C)[C@@H](O)[C@]1(C)O. The van der Waals surface area contributed by atoms with Crippen LogP contribution in [0.1, 0.15) is 94.9 Å². The highest BCUT2D eigenvalue weighted by Gasteiger charge is 2.54. The summed E-state index contributed by atoms with van der Waals surface area (Å²) in [6.45, 7) is 30.4. The highest BCUT2D eigenvalue weighted by molar-refractivity contribution is 6.70. The van der Waals surface area contributed by atoms with E-state index in [4.69, 9.17) is 37.3 Å². The van der Waals surface area contributed by atoms with Crippen LogP contribution in [0.3, 0.4) is 0 Å². The fraction of sp³-hybridized carbons (Fsp3) is 0.953. The fourth-order valence-electron chi connectivity index (χ4n) is 9.72. The van der Waals surface area contributed by atoms with Gasteiger partial charge in [-0.25, -0.2) is 0 Å². The van der Waals surface area contributed by atoms with Gasteiger partial charge in [0.1, 0.15) is 17.8 Å². The van der Waals surface area contributed by atoms with Crippen molar-refractivity contribution in [1.82, 2.24) is 4.90 Å². The molecule has 0 spiro atoms. The fourth-order valence-corrected chi connectivity index (χ4v) is 12.0. The summed E-state index contributed by atoms with van der Waals surface area (Å²) in [6, 6.07) is -0.0755. The number of methoxy groups -OCH3 is 1. The molecular weight excluding hydrogens is 809 g/mol. The van der Waals surface area contributed by atoms with Crippen LogP contribution in [0.4, 0.5) is 0 Å². The molecule has 0 aromatic heterocycles. The molecule has 3 aliphatic rings. The van der Waals surface area contributed by atoms with Gasteiger partial charge in [-0.05, 0) is 114 Å². The Morgan fingerprint density at radius 2 is 1.43 bits per heavy atom. The Bertz CT molecular complexity index is 1420. The van der Waals surface area contributed by atoms with Crippen LogP contribution >= 0.6 is 0 Å². The Balaban J connectivity index is 2.28. The monoisotopic (exact) mass is 893 g/mol. The minimum absolute atomic E-state index is 0.00327. The number of ether oxygens (including phenoxy) is 6. The van der Waals surface area contributed by atoms with E-state index in [1.807, 2.05) is 41.8 Å². The molecule has 15 nitrogen and oxygen atoms in total. The first-order chi connectivity index (χ1) is 27.3. The molecule has 0 aromatic carbocycles. The lowest BCUT2D eigenvalue weighted by atomic mass is 9.73.